The molecule has 5 rings (SSSR count). The third kappa shape index (κ3) is 7.04. The number of carbonyl (C=O) groups is 1. The van der Waals surface area contributed by atoms with Gasteiger partial charge in [0.1, 0.15) is 5.75 Å². The zero-order valence-electron chi connectivity index (χ0n) is 22.4. The number of anilines is 2. The molecule has 0 fully saturated rings. The highest BCUT2D eigenvalue weighted by Gasteiger charge is 2.23. The molecule has 6 nitrogen and oxygen atoms in total. The molecule has 200 valence electrons. The summed E-state index contributed by atoms with van der Waals surface area (Å²) in [6, 6.07) is 20.7. The van der Waals surface area contributed by atoms with E-state index in [1.165, 1.54) is 33.7 Å². The minimum Gasteiger partial charge on any atom is -0.497 e. The molecule has 0 aliphatic carbocycles. The van der Waals surface area contributed by atoms with E-state index >= 15 is 0 Å². The van der Waals surface area contributed by atoms with Gasteiger partial charge in [-0.05, 0) is 87.6 Å². The SMILES string of the molecule is CN(C)CCCN1c2ccccc2Sc2ccc(Cl)cc21.COc1ccc2[nH]cc(CCNC(C)=O)c2c1. The number of halogens is 1. The quantitative estimate of drug-likeness (QED) is 0.254. The number of hydrogen-bond acceptors (Lipinski definition) is 5. The van der Waals surface area contributed by atoms with Crippen molar-refractivity contribution in [2.75, 3.05) is 45.7 Å². The molecule has 0 spiro atoms. The monoisotopic (exact) mass is 550 g/mol. The molecule has 2 N–H and O–H groups in total. The van der Waals surface area contributed by atoms with Crippen LogP contribution in [0.1, 0.15) is 18.9 Å². The molecular formula is C30H35ClN4O2S. The maximum Gasteiger partial charge on any atom is 0.216 e. The second kappa shape index (κ2) is 13.1. The van der Waals surface area contributed by atoms with Gasteiger partial charge in [0.15, 0.2) is 0 Å². The van der Waals surface area contributed by atoms with Gasteiger partial charge in [-0.15, -0.1) is 0 Å². The molecule has 1 aliphatic rings. The van der Waals surface area contributed by atoms with Crippen LogP contribution in [0.3, 0.4) is 0 Å². The van der Waals surface area contributed by atoms with Crippen LogP contribution in [0.25, 0.3) is 10.9 Å². The summed E-state index contributed by atoms with van der Waals surface area (Å²) in [5.74, 6) is 0.847. The first-order chi connectivity index (χ1) is 18.4. The summed E-state index contributed by atoms with van der Waals surface area (Å²) in [5.41, 5.74) is 4.79. The van der Waals surface area contributed by atoms with E-state index in [0.717, 1.165) is 47.6 Å². The van der Waals surface area contributed by atoms with Gasteiger partial charge in [0.2, 0.25) is 5.91 Å². The predicted molar refractivity (Wildman–Crippen MR) is 159 cm³/mol. The number of ether oxygens (including phenoxy) is 1. The molecule has 1 aliphatic heterocycles. The Bertz CT molecular complexity index is 1390. The minimum absolute atomic E-state index is 0.00224. The lowest BCUT2D eigenvalue weighted by Gasteiger charge is -2.33. The predicted octanol–water partition coefficient (Wildman–Crippen LogP) is 6.75. The van der Waals surface area contributed by atoms with Gasteiger partial charge in [0, 0.05) is 51.9 Å². The number of carbonyl (C=O) groups excluding carboxylic acids is 1. The first-order valence-electron chi connectivity index (χ1n) is 12.7. The van der Waals surface area contributed by atoms with Gasteiger partial charge < -0.3 is 24.8 Å². The van der Waals surface area contributed by atoms with E-state index in [1.54, 1.807) is 7.11 Å². The van der Waals surface area contributed by atoms with Crippen molar-refractivity contribution in [1.29, 1.82) is 0 Å². The van der Waals surface area contributed by atoms with Gasteiger partial charge in [-0.25, -0.2) is 0 Å². The summed E-state index contributed by atoms with van der Waals surface area (Å²) >= 11 is 8.03. The topological polar surface area (TPSA) is 60.6 Å². The lowest BCUT2D eigenvalue weighted by atomic mass is 10.1. The van der Waals surface area contributed by atoms with Crippen molar-refractivity contribution >= 4 is 51.5 Å². The second-order valence-electron chi connectivity index (χ2n) is 9.45. The highest BCUT2D eigenvalue weighted by molar-refractivity contribution is 7.99. The van der Waals surface area contributed by atoms with E-state index in [9.17, 15) is 4.79 Å². The van der Waals surface area contributed by atoms with E-state index in [4.69, 9.17) is 16.3 Å². The van der Waals surface area contributed by atoms with Gasteiger partial charge in [-0.3, -0.25) is 4.79 Å². The van der Waals surface area contributed by atoms with Crippen LogP contribution in [-0.2, 0) is 11.2 Å². The molecular weight excluding hydrogens is 516 g/mol. The fourth-order valence-corrected chi connectivity index (χ4v) is 5.70. The molecule has 0 saturated carbocycles. The number of hydrogen-bond donors (Lipinski definition) is 2. The average Bonchev–Trinajstić information content (AvgIpc) is 3.30. The van der Waals surface area contributed by atoms with Gasteiger partial charge >= 0.3 is 0 Å². The molecule has 3 aromatic carbocycles. The number of H-pyrrole nitrogens is 1. The van der Waals surface area contributed by atoms with E-state index in [2.05, 4.69) is 70.6 Å². The van der Waals surface area contributed by atoms with Crippen LogP contribution in [0.15, 0.2) is 76.7 Å². The molecule has 38 heavy (non-hydrogen) atoms. The van der Waals surface area contributed by atoms with E-state index < -0.39 is 0 Å². The molecule has 0 unspecified atom stereocenters. The number of aromatic nitrogens is 1. The molecule has 0 radical (unpaired) electrons. The van der Waals surface area contributed by atoms with Crippen molar-refractivity contribution in [1.82, 2.24) is 15.2 Å². The summed E-state index contributed by atoms with van der Waals surface area (Å²) in [7, 11) is 5.89. The van der Waals surface area contributed by atoms with Crippen LogP contribution < -0.4 is 15.0 Å². The fourth-order valence-electron chi connectivity index (χ4n) is 4.45. The Labute approximate surface area is 234 Å². The number of amides is 1. The third-order valence-corrected chi connectivity index (χ3v) is 7.68. The highest BCUT2D eigenvalue weighted by Crippen LogP contribution is 2.48. The van der Waals surface area contributed by atoms with Crippen molar-refractivity contribution in [3.05, 3.63) is 77.4 Å². The van der Waals surface area contributed by atoms with Crippen LogP contribution in [-0.4, -0.2) is 56.6 Å². The largest absolute Gasteiger partial charge is 0.497 e. The van der Waals surface area contributed by atoms with Gasteiger partial charge in [-0.2, -0.15) is 0 Å². The maximum atomic E-state index is 10.8. The summed E-state index contributed by atoms with van der Waals surface area (Å²) < 4.78 is 5.21. The maximum absolute atomic E-state index is 10.8. The Morgan fingerprint density at radius 1 is 1.08 bits per heavy atom. The molecule has 2 heterocycles. The Balaban J connectivity index is 0.000000181. The van der Waals surface area contributed by atoms with Gasteiger partial charge in [0.25, 0.3) is 0 Å². The van der Waals surface area contributed by atoms with Crippen molar-refractivity contribution < 1.29 is 9.53 Å². The minimum atomic E-state index is 0.00224. The third-order valence-electron chi connectivity index (χ3n) is 6.32. The Kier molecular flexibility index (Phi) is 9.61. The van der Waals surface area contributed by atoms with Crippen LogP contribution in [0, 0.1) is 0 Å². The summed E-state index contributed by atoms with van der Waals surface area (Å²) in [4.78, 5) is 21.2. The molecule has 4 aromatic rings. The van der Waals surface area contributed by atoms with E-state index in [-0.39, 0.29) is 5.91 Å². The highest BCUT2D eigenvalue weighted by atomic mass is 35.5. The number of nitrogens with one attached hydrogen (secondary N) is 2. The zero-order valence-corrected chi connectivity index (χ0v) is 24.0. The summed E-state index contributed by atoms with van der Waals surface area (Å²) in [6.45, 7) is 4.27. The molecule has 0 atom stereocenters. The number of fused-ring (bicyclic) bond motifs is 3. The van der Waals surface area contributed by atoms with E-state index in [1.807, 2.05) is 42.2 Å². The second-order valence-corrected chi connectivity index (χ2v) is 11.0. The van der Waals surface area contributed by atoms with Crippen molar-refractivity contribution in [2.24, 2.45) is 0 Å². The Morgan fingerprint density at radius 3 is 2.63 bits per heavy atom. The smallest absolute Gasteiger partial charge is 0.216 e. The van der Waals surface area contributed by atoms with Crippen LogP contribution in [0.4, 0.5) is 11.4 Å². The summed E-state index contributed by atoms with van der Waals surface area (Å²) in [5, 5.41) is 4.74. The standard InChI is InChI=1S/C17H19ClN2S.C13H16N2O2/c1-19(2)10-5-11-20-14-6-3-4-7-16(14)21-17-9-8-13(18)12-15(17)20;1-9(16)14-6-5-10-8-15-13-4-3-11(17-2)7-12(10)13/h3-4,6-9,12H,5,10-11H2,1-2H3;3-4,7-8,15H,5-6H2,1-2H3,(H,14,16). The molecule has 1 aromatic heterocycles. The number of aromatic amines is 1. The van der Waals surface area contributed by atoms with Crippen LogP contribution >= 0.6 is 23.4 Å². The Morgan fingerprint density at radius 2 is 1.87 bits per heavy atom. The Hall–Kier alpha value is -3.13. The molecule has 8 heteroatoms. The first kappa shape index (κ1) is 27.9. The van der Waals surface area contributed by atoms with E-state index in [0.29, 0.717) is 6.54 Å². The molecule has 0 saturated heterocycles. The zero-order chi connectivity index (χ0) is 27.1. The van der Waals surface area contributed by atoms with Crippen LogP contribution in [0.5, 0.6) is 5.75 Å². The molecule has 1 amide bonds. The number of nitrogens with zero attached hydrogens (tertiary/aromatic N) is 2. The lowest BCUT2D eigenvalue weighted by molar-refractivity contribution is -0.118. The van der Waals surface area contributed by atoms with Crippen molar-refractivity contribution in [3.63, 3.8) is 0 Å². The summed E-state index contributed by atoms with van der Waals surface area (Å²) in [6.07, 6.45) is 3.91. The number of para-hydroxylation sites is 1. The van der Waals surface area contributed by atoms with Crippen LogP contribution in [0.2, 0.25) is 5.02 Å². The normalized spacial score (nSPS) is 12.0. The first-order valence-corrected chi connectivity index (χ1v) is 13.9. The lowest BCUT2D eigenvalue weighted by Crippen LogP contribution is -2.25. The van der Waals surface area contributed by atoms with Crippen molar-refractivity contribution in [2.45, 2.75) is 29.6 Å². The number of rotatable bonds is 8. The van der Waals surface area contributed by atoms with Gasteiger partial charge in [0.05, 0.1) is 18.5 Å². The number of methoxy groups -OCH3 is 1. The fraction of sp³-hybridized carbons (Fsp3) is 0.300. The average molecular weight is 551 g/mol. The molecule has 0 bridgehead atoms. The van der Waals surface area contributed by atoms with Crippen molar-refractivity contribution in [3.8, 4) is 5.75 Å². The van der Waals surface area contributed by atoms with Gasteiger partial charge in [-0.1, -0.05) is 35.5 Å². The number of benzene rings is 3.